The number of likely N-dealkylation sites (N-methyl/N-ethyl adjacent to an activating group) is 1. The van der Waals surface area contributed by atoms with Gasteiger partial charge in [-0.1, -0.05) is 12.1 Å². The van der Waals surface area contributed by atoms with Gasteiger partial charge >= 0.3 is 0 Å². The molecular weight excluding hydrogens is 347 g/mol. The molecule has 0 aliphatic heterocycles. The molecule has 2 rings (SSSR count). The first-order chi connectivity index (χ1) is 11.7. The number of nitrogens with zero attached hydrogens (tertiary/aromatic N) is 1. The minimum atomic E-state index is -3.75. The summed E-state index contributed by atoms with van der Waals surface area (Å²) in [6.07, 6.45) is 0. The van der Waals surface area contributed by atoms with Gasteiger partial charge in [-0.05, 0) is 48.9 Å². The number of hydrogen-bond acceptors (Lipinski definition) is 4. The van der Waals surface area contributed by atoms with Gasteiger partial charge < -0.3 is 9.64 Å². The second kappa shape index (κ2) is 7.62. The highest BCUT2D eigenvalue weighted by Gasteiger charge is 2.18. The van der Waals surface area contributed by atoms with Crippen molar-refractivity contribution in [2.75, 3.05) is 13.7 Å². The van der Waals surface area contributed by atoms with Crippen molar-refractivity contribution in [3.05, 3.63) is 59.9 Å². The van der Waals surface area contributed by atoms with Gasteiger partial charge in [0.2, 0.25) is 10.0 Å². The fourth-order valence-electron chi connectivity index (χ4n) is 2.15. The van der Waals surface area contributed by atoms with E-state index in [1.165, 1.54) is 41.3 Å². The lowest BCUT2D eigenvalue weighted by Crippen LogP contribution is -2.33. The number of sulfonamides is 1. The molecule has 1 unspecified atom stereocenters. The van der Waals surface area contributed by atoms with Gasteiger partial charge in [-0.15, -0.1) is 0 Å². The predicted molar refractivity (Wildman–Crippen MR) is 90.9 cm³/mol. The molecule has 6 nitrogen and oxygen atoms in total. The molecule has 0 spiro atoms. The Morgan fingerprint density at radius 1 is 1.16 bits per heavy atom. The molecule has 1 atom stereocenters. The highest BCUT2D eigenvalue weighted by Crippen LogP contribution is 2.21. The molecule has 134 valence electrons. The van der Waals surface area contributed by atoms with E-state index in [0.29, 0.717) is 5.75 Å². The number of halogens is 1. The molecule has 0 fully saturated rings. The minimum absolute atomic E-state index is 0.0112. The molecule has 8 heteroatoms. The maximum atomic E-state index is 12.8. The fraction of sp³-hybridized carbons (Fsp3) is 0.235. The Hall–Kier alpha value is -2.45. The van der Waals surface area contributed by atoms with Crippen LogP contribution < -0.4 is 9.88 Å². The molecule has 0 saturated carbocycles. The number of carbonyl (C=O) groups is 1. The van der Waals surface area contributed by atoms with Crippen LogP contribution in [-0.4, -0.2) is 32.9 Å². The van der Waals surface area contributed by atoms with Crippen LogP contribution in [0.4, 0.5) is 4.39 Å². The SMILES string of the molecule is CC(c1ccc(S(N)(=O)=O)cc1)N(C)C(=O)COc1ccc(F)cc1. The Morgan fingerprint density at radius 3 is 2.24 bits per heavy atom. The first-order valence-electron chi connectivity index (χ1n) is 7.45. The summed E-state index contributed by atoms with van der Waals surface area (Å²) in [5, 5.41) is 5.06. The third-order valence-corrected chi connectivity index (χ3v) is 4.77. The first kappa shape index (κ1) is 18.9. The van der Waals surface area contributed by atoms with Crippen LogP contribution >= 0.6 is 0 Å². The number of amides is 1. The van der Waals surface area contributed by atoms with Crippen molar-refractivity contribution in [2.24, 2.45) is 5.14 Å². The molecule has 2 aromatic carbocycles. The maximum absolute atomic E-state index is 12.8. The van der Waals surface area contributed by atoms with Gasteiger partial charge in [0.05, 0.1) is 10.9 Å². The van der Waals surface area contributed by atoms with Crippen molar-refractivity contribution in [3.63, 3.8) is 0 Å². The second-order valence-corrected chi connectivity index (χ2v) is 7.10. The van der Waals surface area contributed by atoms with E-state index in [1.807, 2.05) is 6.92 Å². The van der Waals surface area contributed by atoms with Gasteiger partial charge in [0.25, 0.3) is 5.91 Å². The zero-order valence-corrected chi connectivity index (χ0v) is 14.7. The lowest BCUT2D eigenvalue weighted by Gasteiger charge is -2.25. The number of benzene rings is 2. The van der Waals surface area contributed by atoms with Crippen molar-refractivity contribution < 1.29 is 22.3 Å². The summed E-state index contributed by atoms with van der Waals surface area (Å²) in [6, 6.07) is 11.1. The highest BCUT2D eigenvalue weighted by atomic mass is 32.2. The van der Waals surface area contributed by atoms with Gasteiger partial charge in [-0.2, -0.15) is 0 Å². The van der Waals surface area contributed by atoms with Crippen molar-refractivity contribution in [2.45, 2.75) is 17.9 Å². The molecule has 2 aromatic rings. The molecule has 0 aliphatic rings. The molecular formula is C17H19FN2O4S. The summed E-state index contributed by atoms with van der Waals surface area (Å²) < 4.78 is 40.7. The summed E-state index contributed by atoms with van der Waals surface area (Å²) in [7, 11) is -2.13. The summed E-state index contributed by atoms with van der Waals surface area (Å²) in [6.45, 7) is 1.61. The Labute approximate surface area is 146 Å². The van der Waals surface area contributed by atoms with Crippen LogP contribution in [0.5, 0.6) is 5.75 Å². The van der Waals surface area contributed by atoms with Crippen LogP contribution in [0, 0.1) is 5.82 Å². The smallest absolute Gasteiger partial charge is 0.260 e. The lowest BCUT2D eigenvalue weighted by atomic mass is 10.1. The Kier molecular flexibility index (Phi) is 5.76. The molecule has 0 heterocycles. The third-order valence-electron chi connectivity index (χ3n) is 3.84. The zero-order valence-electron chi connectivity index (χ0n) is 13.8. The van der Waals surface area contributed by atoms with Crippen molar-refractivity contribution in [1.29, 1.82) is 0 Å². The van der Waals surface area contributed by atoms with Crippen LogP contribution in [-0.2, 0) is 14.8 Å². The van der Waals surface area contributed by atoms with Crippen LogP contribution in [0.2, 0.25) is 0 Å². The maximum Gasteiger partial charge on any atom is 0.260 e. The quantitative estimate of drug-likeness (QED) is 0.847. The van der Waals surface area contributed by atoms with Crippen molar-refractivity contribution in [3.8, 4) is 5.75 Å². The van der Waals surface area contributed by atoms with E-state index in [0.717, 1.165) is 5.56 Å². The number of nitrogens with two attached hydrogens (primary N) is 1. The van der Waals surface area contributed by atoms with E-state index in [1.54, 1.807) is 19.2 Å². The van der Waals surface area contributed by atoms with Crippen LogP contribution in [0.1, 0.15) is 18.5 Å². The molecule has 0 aliphatic carbocycles. The molecule has 2 N–H and O–H groups in total. The summed E-state index contributed by atoms with van der Waals surface area (Å²) in [5.41, 5.74) is 0.755. The third kappa shape index (κ3) is 5.01. The highest BCUT2D eigenvalue weighted by molar-refractivity contribution is 7.89. The monoisotopic (exact) mass is 366 g/mol. The normalized spacial score (nSPS) is 12.5. The van der Waals surface area contributed by atoms with Gasteiger partial charge in [0, 0.05) is 7.05 Å². The number of primary sulfonamides is 1. The standard InChI is InChI=1S/C17H19FN2O4S/c1-12(13-3-9-16(10-4-13)25(19,22)23)20(2)17(21)11-24-15-7-5-14(18)6-8-15/h3-10,12H,11H2,1-2H3,(H2,19,22,23). The summed E-state index contributed by atoms with van der Waals surface area (Å²) in [5.74, 6) is -0.256. The average Bonchev–Trinajstić information content (AvgIpc) is 2.59. The minimum Gasteiger partial charge on any atom is -0.484 e. The van der Waals surface area contributed by atoms with E-state index in [-0.39, 0.29) is 29.3 Å². The molecule has 25 heavy (non-hydrogen) atoms. The lowest BCUT2D eigenvalue weighted by molar-refractivity contribution is -0.134. The number of carbonyl (C=O) groups excluding carboxylic acids is 1. The van der Waals surface area contributed by atoms with Gasteiger partial charge in [0.1, 0.15) is 11.6 Å². The number of rotatable bonds is 6. The van der Waals surface area contributed by atoms with Gasteiger partial charge in [-0.3, -0.25) is 4.79 Å². The number of ether oxygens (including phenoxy) is 1. The van der Waals surface area contributed by atoms with Gasteiger partial charge in [0.15, 0.2) is 6.61 Å². The average molecular weight is 366 g/mol. The van der Waals surface area contributed by atoms with Gasteiger partial charge in [-0.25, -0.2) is 17.9 Å². The van der Waals surface area contributed by atoms with Crippen molar-refractivity contribution in [1.82, 2.24) is 4.90 Å². The molecule has 0 radical (unpaired) electrons. The molecule has 0 bridgehead atoms. The van der Waals surface area contributed by atoms with Crippen LogP contribution in [0.15, 0.2) is 53.4 Å². The van der Waals surface area contributed by atoms with E-state index in [9.17, 15) is 17.6 Å². The van der Waals surface area contributed by atoms with Crippen molar-refractivity contribution >= 4 is 15.9 Å². The first-order valence-corrected chi connectivity index (χ1v) is 9.00. The van der Waals surface area contributed by atoms with E-state index in [4.69, 9.17) is 9.88 Å². The van der Waals surface area contributed by atoms with E-state index < -0.39 is 10.0 Å². The molecule has 0 aromatic heterocycles. The zero-order chi connectivity index (χ0) is 18.6. The summed E-state index contributed by atoms with van der Waals surface area (Å²) in [4.78, 5) is 13.7. The second-order valence-electron chi connectivity index (χ2n) is 5.54. The Balaban J connectivity index is 1.99. The topological polar surface area (TPSA) is 89.7 Å². The molecule has 0 saturated heterocycles. The van der Waals surface area contributed by atoms with E-state index in [2.05, 4.69) is 0 Å². The van der Waals surface area contributed by atoms with Crippen LogP contribution in [0.25, 0.3) is 0 Å². The number of hydrogen-bond donors (Lipinski definition) is 1. The Morgan fingerprint density at radius 2 is 1.72 bits per heavy atom. The Bertz CT molecular complexity index is 836. The van der Waals surface area contributed by atoms with E-state index >= 15 is 0 Å². The summed E-state index contributed by atoms with van der Waals surface area (Å²) >= 11 is 0. The molecule has 1 amide bonds. The fourth-order valence-corrected chi connectivity index (χ4v) is 2.67. The van der Waals surface area contributed by atoms with Crippen LogP contribution in [0.3, 0.4) is 0 Å². The largest absolute Gasteiger partial charge is 0.484 e. The predicted octanol–water partition coefficient (Wildman–Crippen LogP) is 2.07.